The molecule has 1 aromatic rings. The third-order valence-corrected chi connectivity index (χ3v) is 5.31. The second-order valence-electron chi connectivity index (χ2n) is 6.34. The molecule has 1 aliphatic rings. The van der Waals surface area contributed by atoms with Crippen molar-refractivity contribution in [1.82, 2.24) is 5.32 Å². The number of hydrogen-bond donors (Lipinski definition) is 3. The molecular weight excluding hydrogens is 342 g/mol. The Morgan fingerprint density at radius 3 is 2.48 bits per heavy atom. The van der Waals surface area contributed by atoms with E-state index in [-0.39, 0.29) is 30.0 Å². The van der Waals surface area contributed by atoms with Crippen LogP contribution in [0.1, 0.15) is 45.4 Å². The van der Waals surface area contributed by atoms with Gasteiger partial charge in [-0.1, -0.05) is 25.3 Å². The number of benzene rings is 1. The van der Waals surface area contributed by atoms with Gasteiger partial charge in [-0.05, 0) is 31.0 Å². The second kappa shape index (κ2) is 8.84. The molecule has 7 nitrogen and oxygen atoms in total. The van der Waals surface area contributed by atoms with Crippen LogP contribution in [-0.2, 0) is 19.6 Å². The van der Waals surface area contributed by atoms with Crippen molar-refractivity contribution in [3.63, 3.8) is 0 Å². The molecule has 1 saturated carbocycles. The van der Waals surface area contributed by atoms with Crippen LogP contribution in [0.4, 0.5) is 11.4 Å². The number of sulfonamides is 1. The van der Waals surface area contributed by atoms with Gasteiger partial charge in [-0.25, -0.2) is 8.42 Å². The van der Waals surface area contributed by atoms with E-state index in [0.717, 1.165) is 25.7 Å². The zero-order valence-corrected chi connectivity index (χ0v) is 15.2. The first-order valence-electron chi connectivity index (χ1n) is 8.51. The largest absolute Gasteiger partial charge is 0.353 e. The van der Waals surface area contributed by atoms with Gasteiger partial charge in [0.15, 0.2) is 0 Å². The van der Waals surface area contributed by atoms with E-state index in [2.05, 4.69) is 15.4 Å². The monoisotopic (exact) mass is 367 g/mol. The lowest BCUT2D eigenvalue weighted by Crippen LogP contribution is -2.37. The van der Waals surface area contributed by atoms with Crippen molar-refractivity contribution in [2.75, 3.05) is 15.8 Å². The van der Waals surface area contributed by atoms with Crippen molar-refractivity contribution in [2.24, 2.45) is 0 Å². The maximum absolute atomic E-state index is 12.2. The molecule has 0 aromatic heterocycles. The molecule has 138 valence electrons. The maximum atomic E-state index is 12.2. The molecule has 2 amide bonds. The van der Waals surface area contributed by atoms with E-state index in [0.29, 0.717) is 11.4 Å². The third kappa shape index (κ3) is 7.13. The average molecular weight is 367 g/mol. The molecule has 0 unspecified atom stereocenters. The topological polar surface area (TPSA) is 104 Å². The van der Waals surface area contributed by atoms with Crippen LogP contribution in [0.2, 0.25) is 0 Å². The van der Waals surface area contributed by atoms with Crippen molar-refractivity contribution in [3.8, 4) is 0 Å². The smallest absolute Gasteiger partial charge is 0.233 e. The SMILES string of the molecule is CC(=O)Nc1cccc(NS(=O)(=O)CCC(=O)NC2CCCCC2)c1. The number of carbonyl (C=O) groups excluding carboxylic acids is 2. The first-order valence-corrected chi connectivity index (χ1v) is 10.2. The van der Waals surface area contributed by atoms with Crippen LogP contribution in [0.15, 0.2) is 24.3 Å². The van der Waals surface area contributed by atoms with Gasteiger partial charge in [0.05, 0.1) is 11.4 Å². The summed E-state index contributed by atoms with van der Waals surface area (Å²) in [7, 11) is -3.64. The summed E-state index contributed by atoms with van der Waals surface area (Å²) < 4.78 is 26.7. The van der Waals surface area contributed by atoms with Crippen molar-refractivity contribution in [1.29, 1.82) is 0 Å². The van der Waals surface area contributed by atoms with Gasteiger partial charge in [-0.15, -0.1) is 0 Å². The first-order chi connectivity index (χ1) is 11.8. The molecule has 2 rings (SSSR count). The molecule has 25 heavy (non-hydrogen) atoms. The van der Waals surface area contributed by atoms with Crippen molar-refractivity contribution in [3.05, 3.63) is 24.3 Å². The van der Waals surface area contributed by atoms with Crippen molar-refractivity contribution < 1.29 is 18.0 Å². The standard InChI is InChI=1S/C17H25N3O4S/c1-13(21)18-15-8-5-9-16(12-15)20-25(23,24)11-10-17(22)19-14-6-3-2-4-7-14/h5,8-9,12,14,20H,2-4,6-7,10-11H2,1H3,(H,18,21)(H,19,22). The Bertz CT molecular complexity index is 712. The molecular formula is C17H25N3O4S. The summed E-state index contributed by atoms with van der Waals surface area (Å²) in [5.41, 5.74) is 0.849. The van der Waals surface area contributed by atoms with Crippen LogP contribution >= 0.6 is 0 Å². The quantitative estimate of drug-likeness (QED) is 0.687. The number of nitrogens with one attached hydrogen (secondary N) is 3. The second-order valence-corrected chi connectivity index (χ2v) is 8.18. The molecule has 8 heteroatoms. The molecule has 0 saturated heterocycles. The summed E-state index contributed by atoms with van der Waals surface area (Å²) in [6, 6.07) is 6.59. The van der Waals surface area contributed by atoms with Gasteiger partial charge in [0.25, 0.3) is 0 Å². The molecule has 1 aliphatic carbocycles. The van der Waals surface area contributed by atoms with Crippen LogP contribution in [0.25, 0.3) is 0 Å². The molecule has 0 heterocycles. The van der Waals surface area contributed by atoms with Gasteiger partial charge in [0.2, 0.25) is 21.8 Å². The van der Waals surface area contributed by atoms with E-state index < -0.39 is 10.0 Å². The highest BCUT2D eigenvalue weighted by Crippen LogP contribution is 2.18. The van der Waals surface area contributed by atoms with Crippen LogP contribution in [-0.4, -0.2) is 32.0 Å². The Morgan fingerprint density at radius 2 is 1.80 bits per heavy atom. The average Bonchev–Trinajstić information content (AvgIpc) is 2.53. The van der Waals surface area contributed by atoms with Gasteiger partial charge in [-0.3, -0.25) is 14.3 Å². The molecule has 1 aromatic carbocycles. The van der Waals surface area contributed by atoms with Gasteiger partial charge < -0.3 is 10.6 Å². The van der Waals surface area contributed by atoms with Crippen LogP contribution in [0.5, 0.6) is 0 Å². The fourth-order valence-electron chi connectivity index (χ4n) is 2.87. The fraction of sp³-hybridized carbons (Fsp3) is 0.529. The summed E-state index contributed by atoms with van der Waals surface area (Å²) in [5, 5.41) is 5.50. The van der Waals surface area contributed by atoms with E-state index >= 15 is 0 Å². The lowest BCUT2D eigenvalue weighted by molar-refractivity contribution is -0.121. The molecule has 1 fully saturated rings. The lowest BCUT2D eigenvalue weighted by atomic mass is 9.95. The zero-order chi connectivity index (χ0) is 18.3. The van der Waals surface area contributed by atoms with Crippen LogP contribution in [0.3, 0.4) is 0 Å². The molecule has 3 N–H and O–H groups in total. The molecule has 0 aliphatic heterocycles. The number of hydrogen-bond acceptors (Lipinski definition) is 4. The highest BCUT2D eigenvalue weighted by atomic mass is 32.2. The van der Waals surface area contributed by atoms with E-state index in [1.54, 1.807) is 18.2 Å². The van der Waals surface area contributed by atoms with Gasteiger partial charge >= 0.3 is 0 Å². The predicted octanol–water partition coefficient (Wildman–Crippen LogP) is 2.23. The maximum Gasteiger partial charge on any atom is 0.233 e. The molecule has 0 bridgehead atoms. The minimum atomic E-state index is -3.64. The molecule has 0 spiro atoms. The van der Waals surface area contributed by atoms with Crippen molar-refractivity contribution >= 4 is 33.2 Å². The Morgan fingerprint density at radius 1 is 1.12 bits per heavy atom. The normalized spacial score (nSPS) is 15.4. The number of anilines is 2. The van der Waals surface area contributed by atoms with Crippen LogP contribution < -0.4 is 15.4 Å². The fourth-order valence-corrected chi connectivity index (χ4v) is 3.91. The highest BCUT2D eigenvalue weighted by Gasteiger charge is 2.18. The minimum absolute atomic E-state index is 0.0722. The summed E-state index contributed by atoms with van der Waals surface area (Å²) in [4.78, 5) is 23.0. The van der Waals surface area contributed by atoms with Crippen molar-refractivity contribution in [2.45, 2.75) is 51.5 Å². The Labute approximate surface area is 148 Å². The Kier molecular flexibility index (Phi) is 6.81. The van der Waals surface area contributed by atoms with E-state index in [9.17, 15) is 18.0 Å². The number of amides is 2. The van der Waals surface area contributed by atoms with E-state index in [4.69, 9.17) is 0 Å². The number of rotatable bonds is 7. The summed E-state index contributed by atoms with van der Waals surface area (Å²) in [6.07, 6.45) is 5.27. The van der Waals surface area contributed by atoms with Gasteiger partial charge in [-0.2, -0.15) is 0 Å². The van der Waals surface area contributed by atoms with Gasteiger partial charge in [0.1, 0.15) is 0 Å². The van der Waals surface area contributed by atoms with E-state index in [1.807, 2.05) is 0 Å². The highest BCUT2D eigenvalue weighted by molar-refractivity contribution is 7.92. The Hall–Kier alpha value is -2.09. The molecule has 0 atom stereocenters. The lowest BCUT2D eigenvalue weighted by Gasteiger charge is -2.22. The van der Waals surface area contributed by atoms with Gasteiger partial charge in [0, 0.05) is 25.1 Å². The zero-order valence-electron chi connectivity index (χ0n) is 14.4. The molecule has 0 radical (unpaired) electrons. The van der Waals surface area contributed by atoms with Crippen LogP contribution in [0, 0.1) is 0 Å². The Balaban J connectivity index is 1.84. The minimum Gasteiger partial charge on any atom is -0.353 e. The first kappa shape index (κ1) is 19.2. The number of carbonyl (C=O) groups is 2. The summed E-state index contributed by atoms with van der Waals surface area (Å²) >= 11 is 0. The summed E-state index contributed by atoms with van der Waals surface area (Å²) in [6.45, 7) is 1.38. The third-order valence-electron chi connectivity index (χ3n) is 4.02. The summed E-state index contributed by atoms with van der Waals surface area (Å²) in [5.74, 6) is -0.751. The predicted molar refractivity (Wildman–Crippen MR) is 97.8 cm³/mol. The van der Waals surface area contributed by atoms with E-state index in [1.165, 1.54) is 19.4 Å².